The van der Waals surface area contributed by atoms with E-state index < -0.39 is 0 Å². The predicted molar refractivity (Wildman–Crippen MR) is 64.9 cm³/mol. The van der Waals surface area contributed by atoms with Crippen molar-refractivity contribution in [1.82, 2.24) is 4.98 Å². The van der Waals surface area contributed by atoms with Crippen molar-refractivity contribution >= 4 is 0 Å². The Morgan fingerprint density at radius 2 is 2.00 bits per heavy atom. The van der Waals surface area contributed by atoms with Crippen LogP contribution in [0.2, 0.25) is 0 Å². The molecule has 0 bridgehead atoms. The molecule has 0 saturated heterocycles. The standard InChI is InChI=1S/C14H12N2O/c1-10-7-12(8-15)4-6-14(10)17-13-5-3-11(2)16-9-13/h3-7,9H,1-2H3. The molecule has 0 radical (unpaired) electrons. The third kappa shape index (κ3) is 2.61. The number of rotatable bonds is 2. The summed E-state index contributed by atoms with van der Waals surface area (Å²) in [6, 6.07) is 11.2. The highest BCUT2D eigenvalue weighted by molar-refractivity contribution is 5.43. The fraction of sp³-hybridized carbons (Fsp3) is 0.143. The van der Waals surface area contributed by atoms with Gasteiger partial charge in [0.05, 0.1) is 17.8 Å². The van der Waals surface area contributed by atoms with Gasteiger partial charge in [0.15, 0.2) is 0 Å². The average molecular weight is 224 g/mol. The summed E-state index contributed by atoms with van der Waals surface area (Å²) in [6.45, 7) is 3.84. The summed E-state index contributed by atoms with van der Waals surface area (Å²) >= 11 is 0. The lowest BCUT2D eigenvalue weighted by molar-refractivity contribution is 0.476. The van der Waals surface area contributed by atoms with E-state index in [-0.39, 0.29) is 0 Å². The van der Waals surface area contributed by atoms with Gasteiger partial charge in [0.1, 0.15) is 11.5 Å². The van der Waals surface area contributed by atoms with Gasteiger partial charge in [0.25, 0.3) is 0 Å². The minimum Gasteiger partial charge on any atom is -0.455 e. The molecule has 2 rings (SSSR count). The maximum Gasteiger partial charge on any atom is 0.145 e. The Hall–Kier alpha value is -2.34. The molecule has 0 N–H and O–H groups in total. The van der Waals surface area contributed by atoms with Crippen LogP contribution in [0, 0.1) is 25.2 Å². The first-order chi connectivity index (χ1) is 8.19. The molecular weight excluding hydrogens is 212 g/mol. The number of ether oxygens (including phenoxy) is 1. The monoisotopic (exact) mass is 224 g/mol. The van der Waals surface area contributed by atoms with Crippen LogP contribution in [0.3, 0.4) is 0 Å². The van der Waals surface area contributed by atoms with E-state index in [1.165, 1.54) is 0 Å². The van der Waals surface area contributed by atoms with Crippen LogP contribution in [-0.2, 0) is 0 Å². The molecule has 1 aromatic carbocycles. The molecule has 0 spiro atoms. The average Bonchev–Trinajstić information content (AvgIpc) is 2.34. The van der Waals surface area contributed by atoms with E-state index in [9.17, 15) is 0 Å². The highest BCUT2D eigenvalue weighted by Gasteiger charge is 2.02. The zero-order chi connectivity index (χ0) is 12.3. The molecule has 0 amide bonds. The van der Waals surface area contributed by atoms with Crippen LogP contribution >= 0.6 is 0 Å². The van der Waals surface area contributed by atoms with Gasteiger partial charge in [-0.1, -0.05) is 0 Å². The molecule has 0 aliphatic carbocycles. The van der Waals surface area contributed by atoms with E-state index in [1.807, 2.05) is 26.0 Å². The number of nitrogens with zero attached hydrogens (tertiary/aromatic N) is 2. The third-order valence-electron chi connectivity index (χ3n) is 2.42. The Balaban J connectivity index is 2.25. The molecule has 3 heteroatoms. The fourth-order valence-corrected chi connectivity index (χ4v) is 1.48. The Labute approximate surface area is 100 Å². The summed E-state index contributed by atoms with van der Waals surface area (Å²) < 4.78 is 5.69. The quantitative estimate of drug-likeness (QED) is 0.785. The van der Waals surface area contributed by atoms with E-state index in [1.54, 1.807) is 24.4 Å². The van der Waals surface area contributed by atoms with Crippen LogP contribution in [0.1, 0.15) is 16.8 Å². The molecule has 0 fully saturated rings. The number of aromatic nitrogens is 1. The smallest absolute Gasteiger partial charge is 0.145 e. The van der Waals surface area contributed by atoms with Crippen LogP contribution < -0.4 is 4.74 Å². The number of hydrogen-bond donors (Lipinski definition) is 0. The third-order valence-corrected chi connectivity index (χ3v) is 2.42. The first-order valence-corrected chi connectivity index (χ1v) is 5.30. The number of pyridine rings is 1. The number of nitriles is 1. The topological polar surface area (TPSA) is 45.9 Å². The Kier molecular flexibility index (Phi) is 3.06. The lowest BCUT2D eigenvalue weighted by Gasteiger charge is -2.08. The fourth-order valence-electron chi connectivity index (χ4n) is 1.48. The second kappa shape index (κ2) is 4.67. The Bertz CT molecular complexity index is 568. The van der Waals surface area contributed by atoms with Gasteiger partial charge in [0.2, 0.25) is 0 Å². The molecule has 0 aliphatic rings. The second-order valence-electron chi connectivity index (χ2n) is 3.83. The zero-order valence-corrected chi connectivity index (χ0v) is 9.77. The van der Waals surface area contributed by atoms with Crippen LogP contribution in [0.4, 0.5) is 0 Å². The van der Waals surface area contributed by atoms with Gasteiger partial charge in [-0.15, -0.1) is 0 Å². The van der Waals surface area contributed by atoms with Crippen LogP contribution in [0.25, 0.3) is 0 Å². The van der Waals surface area contributed by atoms with Gasteiger partial charge >= 0.3 is 0 Å². The summed E-state index contributed by atoms with van der Waals surface area (Å²) in [7, 11) is 0. The second-order valence-corrected chi connectivity index (χ2v) is 3.83. The number of aryl methyl sites for hydroxylation is 2. The summed E-state index contributed by atoms with van der Waals surface area (Å²) in [4.78, 5) is 4.16. The normalized spacial score (nSPS) is 9.71. The van der Waals surface area contributed by atoms with E-state index in [4.69, 9.17) is 10.00 Å². The number of hydrogen-bond acceptors (Lipinski definition) is 3. The van der Waals surface area contributed by atoms with Gasteiger partial charge in [-0.2, -0.15) is 5.26 Å². The molecule has 0 aliphatic heterocycles. The van der Waals surface area contributed by atoms with Crippen molar-refractivity contribution in [2.75, 3.05) is 0 Å². The Morgan fingerprint density at radius 3 is 2.59 bits per heavy atom. The van der Waals surface area contributed by atoms with Crippen molar-refractivity contribution in [3.8, 4) is 17.6 Å². The molecule has 3 nitrogen and oxygen atoms in total. The van der Waals surface area contributed by atoms with Crippen molar-refractivity contribution in [1.29, 1.82) is 5.26 Å². The molecule has 84 valence electrons. The van der Waals surface area contributed by atoms with Crippen molar-refractivity contribution in [3.63, 3.8) is 0 Å². The first kappa shape index (κ1) is 11.2. The first-order valence-electron chi connectivity index (χ1n) is 5.30. The van der Waals surface area contributed by atoms with Crippen molar-refractivity contribution < 1.29 is 4.74 Å². The van der Waals surface area contributed by atoms with Gasteiger partial charge in [-0.05, 0) is 49.7 Å². The van der Waals surface area contributed by atoms with E-state index in [2.05, 4.69) is 11.1 Å². The SMILES string of the molecule is Cc1ccc(Oc2ccc(C#N)cc2C)cn1. The minimum absolute atomic E-state index is 0.636. The predicted octanol–water partition coefficient (Wildman–Crippen LogP) is 3.36. The van der Waals surface area contributed by atoms with Gasteiger partial charge in [0, 0.05) is 5.69 Å². The molecule has 2 aromatic rings. The van der Waals surface area contributed by atoms with Gasteiger partial charge in [-0.25, -0.2) is 0 Å². The maximum absolute atomic E-state index is 8.77. The van der Waals surface area contributed by atoms with Crippen molar-refractivity contribution in [3.05, 3.63) is 53.3 Å². The van der Waals surface area contributed by atoms with E-state index in [0.29, 0.717) is 11.3 Å². The van der Waals surface area contributed by atoms with Gasteiger partial charge in [-0.3, -0.25) is 4.98 Å². The minimum atomic E-state index is 0.636. The maximum atomic E-state index is 8.77. The van der Waals surface area contributed by atoms with Crippen molar-refractivity contribution in [2.24, 2.45) is 0 Å². The lowest BCUT2D eigenvalue weighted by atomic mass is 10.1. The lowest BCUT2D eigenvalue weighted by Crippen LogP contribution is -1.90. The summed E-state index contributed by atoms with van der Waals surface area (Å²) in [5.41, 5.74) is 2.52. The van der Waals surface area contributed by atoms with E-state index >= 15 is 0 Å². The zero-order valence-electron chi connectivity index (χ0n) is 9.77. The van der Waals surface area contributed by atoms with Gasteiger partial charge < -0.3 is 4.74 Å². The van der Waals surface area contributed by atoms with Crippen molar-refractivity contribution in [2.45, 2.75) is 13.8 Å². The van der Waals surface area contributed by atoms with Crippen LogP contribution in [-0.4, -0.2) is 4.98 Å². The molecule has 1 aromatic heterocycles. The number of benzene rings is 1. The highest BCUT2D eigenvalue weighted by Crippen LogP contribution is 2.25. The Morgan fingerprint density at radius 1 is 1.18 bits per heavy atom. The van der Waals surface area contributed by atoms with Crippen LogP contribution in [0.5, 0.6) is 11.5 Å². The molecular formula is C14H12N2O. The molecule has 0 atom stereocenters. The summed E-state index contributed by atoms with van der Waals surface area (Å²) in [5.74, 6) is 1.44. The van der Waals surface area contributed by atoms with Crippen LogP contribution in [0.15, 0.2) is 36.5 Å². The molecule has 1 heterocycles. The summed E-state index contributed by atoms with van der Waals surface area (Å²) in [5, 5.41) is 8.77. The largest absolute Gasteiger partial charge is 0.455 e. The molecule has 0 unspecified atom stereocenters. The summed E-state index contributed by atoms with van der Waals surface area (Å²) in [6.07, 6.45) is 1.69. The molecule has 0 saturated carbocycles. The highest BCUT2D eigenvalue weighted by atomic mass is 16.5. The van der Waals surface area contributed by atoms with E-state index in [0.717, 1.165) is 17.0 Å². The molecule has 17 heavy (non-hydrogen) atoms.